The van der Waals surface area contributed by atoms with Crippen LogP contribution in [-0.2, 0) is 6.54 Å². The number of hydrogen-bond donors (Lipinski definition) is 2. The van der Waals surface area contributed by atoms with Crippen molar-refractivity contribution in [3.8, 4) is 5.88 Å². The highest BCUT2D eigenvalue weighted by Gasteiger charge is 2.19. The molecule has 1 saturated carbocycles. The molecule has 1 aromatic carbocycles. The van der Waals surface area contributed by atoms with Crippen molar-refractivity contribution in [2.45, 2.75) is 44.3 Å². The number of fused-ring (bicyclic) bond motifs is 1. The van der Waals surface area contributed by atoms with E-state index in [-0.39, 0.29) is 5.82 Å². The summed E-state index contributed by atoms with van der Waals surface area (Å²) in [4.78, 5) is 8.61. The van der Waals surface area contributed by atoms with Gasteiger partial charge in [-0.3, -0.25) is 0 Å². The average molecular weight is 304 g/mol. The Labute approximate surface area is 129 Å². The Morgan fingerprint density at radius 1 is 1.32 bits per heavy atom. The molecule has 118 valence electrons. The largest absolute Gasteiger partial charge is 0.480 e. The average Bonchev–Trinajstić information content (AvgIpc) is 2.55. The Balaban J connectivity index is 1.81. The number of aromatic nitrogens is 2. The molecule has 5 nitrogen and oxygen atoms in total. The van der Waals surface area contributed by atoms with Gasteiger partial charge in [0.15, 0.2) is 0 Å². The van der Waals surface area contributed by atoms with Gasteiger partial charge in [0.2, 0.25) is 5.88 Å². The van der Waals surface area contributed by atoms with Crippen LogP contribution in [0.3, 0.4) is 0 Å². The SMILES string of the molecule is COc1cnc2ccc(F)c(CNC3CCC(N)CC3)c2n1. The predicted octanol–water partition coefficient (Wildman–Crippen LogP) is 2.14. The maximum Gasteiger partial charge on any atom is 0.232 e. The van der Waals surface area contributed by atoms with Crippen LogP contribution in [0.2, 0.25) is 0 Å². The number of benzene rings is 1. The number of nitrogens with two attached hydrogens (primary N) is 1. The first kappa shape index (κ1) is 15.1. The van der Waals surface area contributed by atoms with Crippen molar-refractivity contribution in [2.24, 2.45) is 5.73 Å². The second kappa shape index (κ2) is 6.54. The molecule has 1 aliphatic rings. The highest BCUT2D eigenvalue weighted by atomic mass is 19.1. The molecule has 0 radical (unpaired) electrons. The molecule has 1 heterocycles. The highest BCUT2D eigenvalue weighted by molar-refractivity contribution is 5.78. The van der Waals surface area contributed by atoms with Crippen LogP contribution in [0.15, 0.2) is 18.3 Å². The number of rotatable bonds is 4. The second-order valence-electron chi connectivity index (χ2n) is 5.80. The third-order valence-corrected chi connectivity index (χ3v) is 4.29. The molecule has 3 rings (SSSR count). The van der Waals surface area contributed by atoms with Crippen LogP contribution < -0.4 is 15.8 Å². The minimum Gasteiger partial charge on any atom is -0.480 e. The first-order chi connectivity index (χ1) is 10.7. The Morgan fingerprint density at radius 2 is 2.09 bits per heavy atom. The third-order valence-electron chi connectivity index (χ3n) is 4.29. The van der Waals surface area contributed by atoms with E-state index in [1.807, 2.05) is 0 Å². The Hall–Kier alpha value is -1.79. The van der Waals surface area contributed by atoms with E-state index in [1.54, 1.807) is 12.3 Å². The van der Waals surface area contributed by atoms with Crippen molar-refractivity contribution < 1.29 is 9.13 Å². The minimum absolute atomic E-state index is 0.268. The van der Waals surface area contributed by atoms with Gasteiger partial charge in [0.05, 0.1) is 18.8 Å². The van der Waals surface area contributed by atoms with Crippen LogP contribution in [0.4, 0.5) is 4.39 Å². The molecule has 0 aliphatic heterocycles. The van der Waals surface area contributed by atoms with E-state index < -0.39 is 0 Å². The van der Waals surface area contributed by atoms with Crippen LogP contribution in [0.1, 0.15) is 31.2 Å². The summed E-state index contributed by atoms with van der Waals surface area (Å²) in [7, 11) is 1.53. The Bertz CT molecular complexity index is 656. The topological polar surface area (TPSA) is 73.1 Å². The van der Waals surface area contributed by atoms with Gasteiger partial charge in [-0.2, -0.15) is 0 Å². The molecule has 0 bridgehead atoms. The van der Waals surface area contributed by atoms with Gasteiger partial charge in [-0.1, -0.05) is 0 Å². The van der Waals surface area contributed by atoms with Gasteiger partial charge in [-0.15, -0.1) is 0 Å². The standard InChI is InChI=1S/C16H21FN4O/c1-22-15-9-20-14-7-6-13(17)12(16(14)21-15)8-19-11-4-2-10(18)3-5-11/h6-7,9-11,19H,2-5,8,18H2,1H3. The fourth-order valence-corrected chi connectivity index (χ4v) is 2.93. The van der Waals surface area contributed by atoms with E-state index in [0.29, 0.717) is 41.1 Å². The summed E-state index contributed by atoms with van der Waals surface area (Å²) < 4.78 is 19.3. The summed E-state index contributed by atoms with van der Waals surface area (Å²) in [6.45, 7) is 0.435. The highest BCUT2D eigenvalue weighted by Crippen LogP contribution is 2.22. The summed E-state index contributed by atoms with van der Waals surface area (Å²) in [5.74, 6) is 0.123. The van der Waals surface area contributed by atoms with Crippen molar-refractivity contribution >= 4 is 11.0 Å². The molecule has 0 amide bonds. The van der Waals surface area contributed by atoms with Crippen molar-refractivity contribution in [3.63, 3.8) is 0 Å². The van der Waals surface area contributed by atoms with E-state index in [0.717, 1.165) is 25.7 Å². The third kappa shape index (κ3) is 3.18. The molecule has 1 aromatic heterocycles. The summed E-state index contributed by atoms with van der Waals surface area (Å²) >= 11 is 0. The van der Waals surface area contributed by atoms with Gasteiger partial charge in [0, 0.05) is 24.2 Å². The predicted molar refractivity (Wildman–Crippen MR) is 83.1 cm³/mol. The van der Waals surface area contributed by atoms with Crippen molar-refractivity contribution in [2.75, 3.05) is 7.11 Å². The first-order valence-corrected chi connectivity index (χ1v) is 7.64. The van der Waals surface area contributed by atoms with Crippen LogP contribution in [0, 0.1) is 5.82 Å². The summed E-state index contributed by atoms with van der Waals surface area (Å²) in [5.41, 5.74) is 7.68. The van der Waals surface area contributed by atoms with Crippen LogP contribution >= 0.6 is 0 Å². The second-order valence-corrected chi connectivity index (χ2v) is 5.80. The number of nitrogens with one attached hydrogen (secondary N) is 1. The fourth-order valence-electron chi connectivity index (χ4n) is 2.93. The smallest absolute Gasteiger partial charge is 0.232 e. The lowest BCUT2D eigenvalue weighted by atomic mass is 9.91. The first-order valence-electron chi connectivity index (χ1n) is 7.64. The van der Waals surface area contributed by atoms with E-state index in [4.69, 9.17) is 10.5 Å². The molecule has 6 heteroatoms. The van der Waals surface area contributed by atoms with Crippen molar-refractivity contribution in [1.82, 2.24) is 15.3 Å². The van der Waals surface area contributed by atoms with Gasteiger partial charge >= 0.3 is 0 Å². The van der Waals surface area contributed by atoms with Gasteiger partial charge in [0.25, 0.3) is 0 Å². The molecule has 3 N–H and O–H groups in total. The van der Waals surface area contributed by atoms with Crippen molar-refractivity contribution in [3.05, 3.63) is 29.7 Å². The lowest BCUT2D eigenvalue weighted by molar-refractivity contribution is 0.340. The van der Waals surface area contributed by atoms with E-state index in [1.165, 1.54) is 13.2 Å². The molecule has 0 unspecified atom stereocenters. The zero-order valence-electron chi connectivity index (χ0n) is 12.7. The molecule has 0 atom stereocenters. The number of methoxy groups -OCH3 is 1. The summed E-state index contributed by atoms with van der Waals surface area (Å²) in [6.07, 6.45) is 5.64. The Morgan fingerprint density at radius 3 is 2.82 bits per heavy atom. The van der Waals surface area contributed by atoms with E-state index in [9.17, 15) is 4.39 Å². The van der Waals surface area contributed by atoms with Crippen LogP contribution in [0.5, 0.6) is 5.88 Å². The minimum atomic E-state index is -0.268. The zero-order chi connectivity index (χ0) is 15.5. The molecule has 0 saturated heterocycles. The van der Waals surface area contributed by atoms with Gasteiger partial charge in [-0.25, -0.2) is 14.4 Å². The zero-order valence-corrected chi connectivity index (χ0v) is 12.7. The van der Waals surface area contributed by atoms with Crippen molar-refractivity contribution in [1.29, 1.82) is 0 Å². The van der Waals surface area contributed by atoms with Crippen LogP contribution in [-0.4, -0.2) is 29.2 Å². The molecule has 0 spiro atoms. The lowest BCUT2D eigenvalue weighted by Gasteiger charge is -2.27. The molecule has 1 fully saturated rings. The monoisotopic (exact) mass is 304 g/mol. The van der Waals surface area contributed by atoms with Gasteiger partial charge in [-0.05, 0) is 37.8 Å². The number of nitrogens with zero attached hydrogens (tertiary/aromatic N) is 2. The maximum absolute atomic E-state index is 14.2. The molecular weight excluding hydrogens is 283 g/mol. The van der Waals surface area contributed by atoms with E-state index >= 15 is 0 Å². The molecular formula is C16H21FN4O. The maximum atomic E-state index is 14.2. The Kier molecular flexibility index (Phi) is 4.49. The molecule has 2 aromatic rings. The summed E-state index contributed by atoms with van der Waals surface area (Å²) in [5, 5.41) is 3.42. The van der Waals surface area contributed by atoms with E-state index in [2.05, 4.69) is 15.3 Å². The normalized spacial score (nSPS) is 22.0. The summed E-state index contributed by atoms with van der Waals surface area (Å²) in [6, 6.07) is 3.77. The quantitative estimate of drug-likeness (QED) is 0.905. The number of halogens is 1. The lowest BCUT2D eigenvalue weighted by Crippen LogP contribution is -2.37. The number of hydrogen-bond acceptors (Lipinski definition) is 5. The van der Waals surface area contributed by atoms with Crippen LogP contribution in [0.25, 0.3) is 11.0 Å². The molecule has 22 heavy (non-hydrogen) atoms. The molecule has 1 aliphatic carbocycles. The number of ether oxygens (including phenoxy) is 1. The van der Waals surface area contributed by atoms with Gasteiger partial charge < -0.3 is 15.8 Å². The fraction of sp³-hybridized carbons (Fsp3) is 0.500. The van der Waals surface area contributed by atoms with Gasteiger partial charge in [0.1, 0.15) is 11.3 Å².